The lowest BCUT2D eigenvalue weighted by atomic mass is 10.2. The Balaban J connectivity index is 1.48. The molecule has 0 spiro atoms. The highest BCUT2D eigenvalue weighted by molar-refractivity contribution is 5.41. The Labute approximate surface area is 145 Å². The zero-order chi connectivity index (χ0) is 17.5. The topological polar surface area (TPSA) is 33.3 Å². The van der Waals surface area contributed by atoms with Crippen LogP contribution in [-0.4, -0.2) is 0 Å². The molecule has 0 heterocycles. The Hall–Kier alpha value is -2.92. The standard InChI is InChI=1S/C20H18F2N2O/c21-17-10-16(11-18(22)12-17)14-25-20-8-6-15(7-9-20)13-23-24-19-4-2-1-3-5-19/h1-12,23-24H,13-14H2. The van der Waals surface area contributed by atoms with Gasteiger partial charge in [0.15, 0.2) is 0 Å². The first-order valence-corrected chi connectivity index (χ1v) is 7.90. The number of para-hydroxylation sites is 1. The molecular formula is C20H18F2N2O. The average Bonchev–Trinajstić information content (AvgIpc) is 2.61. The van der Waals surface area contributed by atoms with Gasteiger partial charge in [0, 0.05) is 18.3 Å². The van der Waals surface area contributed by atoms with Crippen LogP contribution < -0.4 is 15.6 Å². The number of nitrogens with one attached hydrogen (secondary N) is 2. The summed E-state index contributed by atoms with van der Waals surface area (Å²) in [6, 6.07) is 20.7. The molecule has 3 rings (SSSR count). The van der Waals surface area contributed by atoms with Crippen molar-refractivity contribution in [2.75, 3.05) is 5.43 Å². The summed E-state index contributed by atoms with van der Waals surface area (Å²) in [4.78, 5) is 0. The van der Waals surface area contributed by atoms with E-state index in [4.69, 9.17) is 4.74 Å². The summed E-state index contributed by atoms with van der Waals surface area (Å²) in [7, 11) is 0. The minimum Gasteiger partial charge on any atom is -0.489 e. The highest BCUT2D eigenvalue weighted by atomic mass is 19.1. The van der Waals surface area contributed by atoms with E-state index in [9.17, 15) is 8.78 Å². The molecule has 0 saturated heterocycles. The maximum Gasteiger partial charge on any atom is 0.126 e. The quantitative estimate of drug-likeness (QED) is 0.614. The minimum atomic E-state index is -0.606. The summed E-state index contributed by atoms with van der Waals surface area (Å²) in [5.41, 5.74) is 8.77. The Bertz CT molecular complexity index is 787. The Morgan fingerprint density at radius 2 is 1.44 bits per heavy atom. The van der Waals surface area contributed by atoms with Crippen molar-refractivity contribution >= 4 is 5.69 Å². The van der Waals surface area contributed by atoms with Crippen LogP contribution >= 0.6 is 0 Å². The van der Waals surface area contributed by atoms with Crippen molar-refractivity contribution in [3.63, 3.8) is 0 Å². The second kappa shape index (κ2) is 8.26. The number of ether oxygens (including phenoxy) is 1. The second-order valence-electron chi connectivity index (χ2n) is 5.55. The molecule has 0 bridgehead atoms. The van der Waals surface area contributed by atoms with Gasteiger partial charge in [-0.05, 0) is 47.5 Å². The molecule has 0 amide bonds. The van der Waals surface area contributed by atoms with E-state index in [1.807, 2.05) is 54.6 Å². The molecule has 0 aliphatic rings. The molecule has 5 heteroatoms. The van der Waals surface area contributed by atoms with Gasteiger partial charge in [0.25, 0.3) is 0 Å². The number of hydrazine groups is 1. The molecule has 25 heavy (non-hydrogen) atoms. The Morgan fingerprint density at radius 1 is 0.760 bits per heavy atom. The van der Waals surface area contributed by atoms with Gasteiger partial charge in [0.1, 0.15) is 24.0 Å². The van der Waals surface area contributed by atoms with Crippen molar-refractivity contribution in [3.05, 3.63) is 95.6 Å². The minimum absolute atomic E-state index is 0.113. The van der Waals surface area contributed by atoms with Crippen molar-refractivity contribution in [2.45, 2.75) is 13.2 Å². The molecule has 2 N–H and O–H groups in total. The lowest BCUT2D eigenvalue weighted by Gasteiger charge is -2.10. The van der Waals surface area contributed by atoms with Crippen LogP contribution in [0, 0.1) is 11.6 Å². The molecule has 0 saturated carbocycles. The van der Waals surface area contributed by atoms with E-state index in [1.54, 1.807) is 0 Å². The zero-order valence-electron chi connectivity index (χ0n) is 13.5. The summed E-state index contributed by atoms with van der Waals surface area (Å²) in [6.45, 7) is 0.756. The van der Waals surface area contributed by atoms with Gasteiger partial charge in [-0.25, -0.2) is 14.2 Å². The van der Waals surface area contributed by atoms with E-state index in [0.717, 1.165) is 17.3 Å². The Kier molecular flexibility index (Phi) is 5.59. The molecule has 3 nitrogen and oxygen atoms in total. The molecule has 0 unspecified atom stereocenters. The number of rotatable bonds is 7. The average molecular weight is 340 g/mol. The fourth-order valence-corrected chi connectivity index (χ4v) is 2.33. The van der Waals surface area contributed by atoms with Crippen molar-refractivity contribution in [1.29, 1.82) is 0 Å². The molecule has 0 fully saturated rings. The lowest BCUT2D eigenvalue weighted by Crippen LogP contribution is -2.20. The monoisotopic (exact) mass is 340 g/mol. The third kappa shape index (κ3) is 5.29. The predicted octanol–water partition coefficient (Wildman–Crippen LogP) is 4.66. The molecule has 0 aliphatic carbocycles. The van der Waals surface area contributed by atoms with Gasteiger partial charge in [-0.2, -0.15) is 0 Å². The van der Waals surface area contributed by atoms with Crippen LogP contribution in [0.5, 0.6) is 5.75 Å². The molecular weight excluding hydrogens is 322 g/mol. The van der Waals surface area contributed by atoms with Crippen LogP contribution in [0.3, 0.4) is 0 Å². The number of benzene rings is 3. The van der Waals surface area contributed by atoms with Gasteiger partial charge < -0.3 is 10.2 Å². The summed E-state index contributed by atoms with van der Waals surface area (Å²) in [6.07, 6.45) is 0. The van der Waals surface area contributed by atoms with Crippen LogP contribution in [-0.2, 0) is 13.2 Å². The summed E-state index contributed by atoms with van der Waals surface area (Å²) in [5.74, 6) is -0.568. The smallest absolute Gasteiger partial charge is 0.126 e. The third-order valence-electron chi connectivity index (χ3n) is 3.55. The van der Waals surface area contributed by atoms with Crippen LogP contribution in [0.1, 0.15) is 11.1 Å². The molecule has 0 radical (unpaired) electrons. The van der Waals surface area contributed by atoms with Crippen molar-refractivity contribution in [3.8, 4) is 5.75 Å². The highest BCUT2D eigenvalue weighted by Gasteiger charge is 2.02. The third-order valence-corrected chi connectivity index (χ3v) is 3.55. The first kappa shape index (κ1) is 16.9. The molecule has 3 aromatic rings. The number of anilines is 1. The second-order valence-corrected chi connectivity index (χ2v) is 5.55. The van der Waals surface area contributed by atoms with E-state index in [-0.39, 0.29) is 6.61 Å². The van der Waals surface area contributed by atoms with Crippen LogP contribution in [0.15, 0.2) is 72.8 Å². The normalized spacial score (nSPS) is 10.5. The van der Waals surface area contributed by atoms with E-state index in [1.165, 1.54) is 12.1 Å². The maximum atomic E-state index is 13.1. The van der Waals surface area contributed by atoms with Crippen LogP contribution in [0.2, 0.25) is 0 Å². The fourth-order valence-electron chi connectivity index (χ4n) is 2.33. The molecule has 0 aromatic heterocycles. The van der Waals surface area contributed by atoms with Gasteiger partial charge in [0.05, 0.1) is 0 Å². The predicted molar refractivity (Wildman–Crippen MR) is 94.0 cm³/mol. The highest BCUT2D eigenvalue weighted by Crippen LogP contribution is 2.15. The number of hydrogen-bond donors (Lipinski definition) is 2. The SMILES string of the molecule is Fc1cc(F)cc(COc2ccc(CNNc3ccccc3)cc2)c1. The Morgan fingerprint density at radius 3 is 2.12 bits per heavy atom. The zero-order valence-corrected chi connectivity index (χ0v) is 13.5. The summed E-state index contributed by atoms with van der Waals surface area (Å²) < 4.78 is 31.8. The van der Waals surface area contributed by atoms with Crippen LogP contribution in [0.25, 0.3) is 0 Å². The lowest BCUT2D eigenvalue weighted by molar-refractivity contribution is 0.304. The van der Waals surface area contributed by atoms with E-state index in [2.05, 4.69) is 10.9 Å². The first-order chi connectivity index (χ1) is 12.2. The van der Waals surface area contributed by atoms with Gasteiger partial charge in [-0.1, -0.05) is 30.3 Å². The summed E-state index contributed by atoms with van der Waals surface area (Å²) in [5, 5.41) is 0. The van der Waals surface area contributed by atoms with Gasteiger partial charge >= 0.3 is 0 Å². The largest absolute Gasteiger partial charge is 0.489 e. The van der Waals surface area contributed by atoms with E-state index < -0.39 is 11.6 Å². The van der Waals surface area contributed by atoms with E-state index in [0.29, 0.717) is 17.9 Å². The van der Waals surface area contributed by atoms with Crippen molar-refractivity contribution < 1.29 is 13.5 Å². The van der Waals surface area contributed by atoms with Crippen LogP contribution in [0.4, 0.5) is 14.5 Å². The molecule has 0 aliphatic heterocycles. The molecule has 3 aromatic carbocycles. The van der Waals surface area contributed by atoms with Gasteiger partial charge in [-0.3, -0.25) is 0 Å². The van der Waals surface area contributed by atoms with E-state index >= 15 is 0 Å². The van der Waals surface area contributed by atoms with Crippen molar-refractivity contribution in [2.24, 2.45) is 0 Å². The van der Waals surface area contributed by atoms with Gasteiger partial charge in [-0.15, -0.1) is 0 Å². The first-order valence-electron chi connectivity index (χ1n) is 7.90. The maximum absolute atomic E-state index is 13.1. The molecule has 0 atom stereocenters. The summed E-state index contributed by atoms with van der Waals surface area (Å²) >= 11 is 0. The van der Waals surface area contributed by atoms with Crippen molar-refractivity contribution in [1.82, 2.24) is 5.43 Å². The molecule has 128 valence electrons. The van der Waals surface area contributed by atoms with Gasteiger partial charge in [0.2, 0.25) is 0 Å². The number of halogens is 2. The number of hydrogen-bond acceptors (Lipinski definition) is 3. The fraction of sp³-hybridized carbons (Fsp3) is 0.100.